The predicted octanol–water partition coefficient (Wildman–Crippen LogP) is 0.646. The van der Waals surface area contributed by atoms with E-state index in [1.165, 1.54) is 0 Å². The maximum Gasteiger partial charge on any atom is 0.0679 e. The molecule has 0 amide bonds. The Labute approximate surface area is 93.0 Å². The van der Waals surface area contributed by atoms with Crippen molar-refractivity contribution in [3.8, 4) is 0 Å². The number of ether oxygens (including phenoxy) is 2. The molecule has 0 aromatic heterocycles. The van der Waals surface area contributed by atoms with Gasteiger partial charge in [-0.3, -0.25) is 0 Å². The second-order valence-corrected chi connectivity index (χ2v) is 4.21. The smallest absolute Gasteiger partial charge is 0.0679 e. The number of nitrogens with one attached hydrogen (secondary N) is 1. The van der Waals surface area contributed by atoms with Gasteiger partial charge in [-0.15, -0.1) is 0 Å². The maximum atomic E-state index is 10.1. The summed E-state index contributed by atoms with van der Waals surface area (Å²) in [6.45, 7) is 6.77. The second-order valence-electron chi connectivity index (χ2n) is 4.21. The molecule has 15 heavy (non-hydrogen) atoms. The van der Waals surface area contributed by atoms with Crippen LogP contribution in [0, 0.1) is 5.92 Å². The Kier molecular flexibility index (Phi) is 7.96. The van der Waals surface area contributed by atoms with Crippen LogP contribution in [0.4, 0.5) is 0 Å². The molecule has 0 spiro atoms. The molecule has 0 saturated carbocycles. The Morgan fingerprint density at radius 2 is 1.93 bits per heavy atom. The monoisotopic (exact) mass is 219 g/mol. The van der Waals surface area contributed by atoms with E-state index in [1.807, 2.05) is 13.8 Å². The van der Waals surface area contributed by atoms with Crippen LogP contribution in [0.2, 0.25) is 0 Å². The molecular formula is C11H25NO3. The van der Waals surface area contributed by atoms with Crippen molar-refractivity contribution in [2.45, 2.75) is 25.9 Å². The first kappa shape index (κ1) is 14.8. The summed E-state index contributed by atoms with van der Waals surface area (Å²) >= 11 is 0. The van der Waals surface area contributed by atoms with Gasteiger partial charge in [-0.05, 0) is 19.9 Å². The molecule has 0 aliphatic heterocycles. The molecule has 0 rings (SSSR count). The zero-order chi connectivity index (χ0) is 11.7. The summed E-state index contributed by atoms with van der Waals surface area (Å²) in [6.07, 6.45) is 0.723. The third-order valence-electron chi connectivity index (χ3n) is 2.77. The normalized spacial score (nSPS) is 17.4. The molecule has 4 nitrogen and oxygen atoms in total. The summed E-state index contributed by atoms with van der Waals surface area (Å²) in [4.78, 5) is 0. The van der Waals surface area contributed by atoms with Crippen LogP contribution < -0.4 is 5.32 Å². The summed E-state index contributed by atoms with van der Waals surface area (Å²) in [7, 11) is 3.34. The Bertz CT molecular complexity index is 151. The Morgan fingerprint density at radius 3 is 2.47 bits per heavy atom. The third kappa shape index (κ3) is 6.84. The van der Waals surface area contributed by atoms with Crippen molar-refractivity contribution in [1.82, 2.24) is 5.32 Å². The van der Waals surface area contributed by atoms with E-state index < -0.39 is 5.60 Å². The number of hydrogen-bond acceptors (Lipinski definition) is 4. The third-order valence-corrected chi connectivity index (χ3v) is 2.77. The minimum atomic E-state index is -0.671. The first-order chi connectivity index (χ1) is 7.04. The zero-order valence-electron chi connectivity index (χ0n) is 10.4. The molecule has 0 aliphatic carbocycles. The first-order valence-electron chi connectivity index (χ1n) is 5.45. The lowest BCUT2D eigenvalue weighted by Gasteiger charge is -2.30. The summed E-state index contributed by atoms with van der Waals surface area (Å²) < 4.78 is 9.95. The van der Waals surface area contributed by atoms with Crippen molar-refractivity contribution in [3.63, 3.8) is 0 Å². The van der Waals surface area contributed by atoms with E-state index in [4.69, 9.17) is 9.47 Å². The van der Waals surface area contributed by atoms with E-state index in [2.05, 4.69) is 5.32 Å². The lowest BCUT2D eigenvalue weighted by molar-refractivity contribution is -0.0309. The SMILES string of the molecule is COCCNCCC(C)(O)C(C)COC. The summed E-state index contributed by atoms with van der Waals surface area (Å²) in [5.41, 5.74) is -0.671. The summed E-state index contributed by atoms with van der Waals surface area (Å²) in [6, 6.07) is 0. The molecule has 0 heterocycles. The summed E-state index contributed by atoms with van der Waals surface area (Å²) in [5.74, 6) is 0.145. The fourth-order valence-electron chi connectivity index (χ4n) is 1.32. The minimum absolute atomic E-state index is 0.145. The fraction of sp³-hybridized carbons (Fsp3) is 1.00. The van der Waals surface area contributed by atoms with Gasteiger partial charge in [-0.1, -0.05) is 6.92 Å². The lowest BCUT2D eigenvalue weighted by Crippen LogP contribution is -2.38. The lowest BCUT2D eigenvalue weighted by atomic mass is 9.88. The van der Waals surface area contributed by atoms with Gasteiger partial charge in [0.15, 0.2) is 0 Å². The molecule has 0 fully saturated rings. The molecule has 0 radical (unpaired) electrons. The van der Waals surface area contributed by atoms with Crippen LogP contribution >= 0.6 is 0 Å². The van der Waals surface area contributed by atoms with Gasteiger partial charge < -0.3 is 19.9 Å². The highest BCUT2D eigenvalue weighted by molar-refractivity contribution is 4.79. The van der Waals surface area contributed by atoms with E-state index in [0.29, 0.717) is 13.2 Å². The molecule has 0 bridgehead atoms. The van der Waals surface area contributed by atoms with Crippen molar-refractivity contribution in [3.05, 3.63) is 0 Å². The number of aliphatic hydroxyl groups is 1. The van der Waals surface area contributed by atoms with Crippen LogP contribution in [-0.4, -0.2) is 51.2 Å². The molecule has 0 saturated heterocycles. The molecule has 2 atom stereocenters. The van der Waals surface area contributed by atoms with Crippen LogP contribution in [0.5, 0.6) is 0 Å². The first-order valence-corrected chi connectivity index (χ1v) is 5.45. The van der Waals surface area contributed by atoms with E-state index >= 15 is 0 Å². The average molecular weight is 219 g/mol. The number of rotatable bonds is 9. The van der Waals surface area contributed by atoms with Gasteiger partial charge in [-0.25, -0.2) is 0 Å². The standard InChI is InChI=1S/C11H25NO3/c1-10(9-15-4)11(2,13)5-6-12-7-8-14-3/h10,12-13H,5-9H2,1-4H3. The van der Waals surface area contributed by atoms with Crippen molar-refractivity contribution in [2.24, 2.45) is 5.92 Å². The van der Waals surface area contributed by atoms with E-state index in [1.54, 1.807) is 14.2 Å². The Balaban J connectivity index is 3.63. The van der Waals surface area contributed by atoms with Gasteiger partial charge in [0.25, 0.3) is 0 Å². The van der Waals surface area contributed by atoms with Crippen molar-refractivity contribution in [1.29, 1.82) is 0 Å². The van der Waals surface area contributed by atoms with E-state index in [9.17, 15) is 5.11 Å². The van der Waals surface area contributed by atoms with Crippen molar-refractivity contribution in [2.75, 3.05) is 40.5 Å². The zero-order valence-corrected chi connectivity index (χ0v) is 10.4. The highest BCUT2D eigenvalue weighted by Gasteiger charge is 2.27. The summed E-state index contributed by atoms with van der Waals surface area (Å²) in [5, 5.41) is 13.3. The van der Waals surface area contributed by atoms with Crippen LogP contribution in [0.15, 0.2) is 0 Å². The van der Waals surface area contributed by atoms with Gasteiger partial charge in [0, 0.05) is 26.7 Å². The molecule has 4 heteroatoms. The Hall–Kier alpha value is -0.160. The molecule has 2 N–H and O–H groups in total. The van der Waals surface area contributed by atoms with Crippen LogP contribution in [0.3, 0.4) is 0 Å². The number of methoxy groups -OCH3 is 2. The number of hydrogen-bond donors (Lipinski definition) is 2. The molecule has 0 aliphatic rings. The van der Waals surface area contributed by atoms with Gasteiger partial charge >= 0.3 is 0 Å². The van der Waals surface area contributed by atoms with E-state index in [-0.39, 0.29) is 5.92 Å². The molecule has 0 aromatic carbocycles. The van der Waals surface area contributed by atoms with Crippen LogP contribution in [0.1, 0.15) is 20.3 Å². The van der Waals surface area contributed by atoms with Gasteiger partial charge in [-0.2, -0.15) is 0 Å². The van der Waals surface area contributed by atoms with Crippen LogP contribution in [0.25, 0.3) is 0 Å². The van der Waals surface area contributed by atoms with Crippen molar-refractivity contribution >= 4 is 0 Å². The Morgan fingerprint density at radius 1 is 1.27 bits per heavy atom. The van der Waals surface area contributed by atoms with Gasteiger partial charge in [0.2, 0.25) is 0 Å². The predicted molar refractivity (Wildman–Crippen MR) is 61.0 cm³/mol. The average Bonchev–Trinajstić information content (AvgIpc) is 2.18. The molecule has 92 valence electrons. The second kappa shape index (κ2) is 8.05. The molecular weight excluding hydrogens is 194 g/mol. The van der Waals surface area contributed by atoms with Gasteiger partial charge in [0.05, 0.1) is 18.8 Å². The fourth-order valence-corrected chi connectivity index (χ4v) is 1.32. The minimum Gasteiger partial charge on any atom is -0.390 e. The topological polar surface area (TPSA) is 50.7 Å². The quantitative estimate of drug-likeness (QED) is 0.559. The van der Waals surface area contributed by atoms with Gasteiger partial charge in [0.1, 0.15) is 0 Å². The van der Waals surface area contributed by atoms with E-state index in [0.717, 1.165) is 19.5 Å². The maximum absolute atomic E-state index is 10.1. The van der Waals surface area contributed by atoms with Crippen LogP contribution in [-0.2, 0) is 9.47 Å². The molecule has 0 aromatic rings. The van der Waals surface area contributed by atoms with Crippen molar-refractivity contribution < 1.29 is 14.6 Å². The largest absolute Gasteiger partial charge is 0.390 e. The highest BCUT2D eigenvalue weighted by Crippen LogP contribution is 2.20. The highest BCUT2D eigenvalue weighted by atomic mass is 16.5. The molecule has 2 unspecified atom stereocenters.